The SMILES string of the molecule is CC1(C)CCc2cc([C@]3(C)C(=O)N(c4cccc(CCC(=O)O)c4)c4ccc(Cl)cc43)ccc2O1. The minimum absolute atomic E-state index is 0.0370. The zero-order valence-electron chi connectivity index (χ0n) is 20.1. The van der Waals surface area contributed by atoms with Crippen LogP contribution in [0, 0.1) is 0 Å². The summed E-state index contributed by atoms with van der Waals surface area (Å²) < 4.78 is 6.17. The van der Waals surface area contributed by atoms with Crippen LogP contribution < -0.4 is 9.64 Å². The Balaban J connectivity index is 1.59. The molecule has 35 heavy (non-hydrogen) atoms. The van der Waals surface area contributed by atoms with Crippen molar-refractivity contribution in [2.45, 2.75) is 57.5 Å². The topological polar surface area (TPSA) is 66.8 Å². The number of amides is 1. The molecule has 2 heterocycles. The second kappa shape index (κ2) is 8.42. The number of carbonyl (C=O) groups excluding carboxylic acids is 1. The van der Waals surface area contributed by atoms with Crippen LogP contribution in [0.3, 0.4) is 0 Å². The summed E-state index contributed by atoms with van der Waals surface area (Å²) in [5, 5.41) is 9.65. The summed E-state index contributed by atoms with van der Waals surface area (Å²) in [6.07, 6.45) is 2.23. The minimum atomic E-state index is -0.931. The number of carboxylic acid groups (broad SMARTS) is 1. The zero-order valence-corrected chi connectivity index (χ0v) is 20.9. The molecule has 1 N–H and O–H groups in total. The molecule has 0 bridgehead atoms. The maximum Gasteiger partial charge on any atom is 0.303 e. The molecule has 0 unspecified atom stereocenters. The molecule has 2 aliphatic rings. The number of fused-ring (bicyclic) bond motifs is 2. The average Bonchev–Trinajstić information content (AvgIpc) is 3.04. The highest BCUT2D eigenvalue weighted by Crippen LogP contribution is 2.50. The molecule has 6 heteroatoms. The standard InChI is InChI=1S/C29H28ClNO4/c1-28(2)14-13-19-16-20(8-11-25(19)35-28)29(3)23-17-21(30)9-10-24(23)31(27(29)34)22-6-4-5-18(15-22)7-12-26(32)33/h4-6,8-11,15-17H,7,12-14H2,1-3H3,(H,32,33)/t29-/m0/s1. The molecule has 180 valence electrons. The number of benzene rings is 3. The summed E-state index contributed by atoms with van der Waals surface area (Å²) in [6.45, 7) is 6.13. The molecular formula is C29H28ClNO4. The van der Waals surface area contributed by atoms with E-state index in [0.717, 1.165) is 46.5 Å². The number of anilines is 2. The first-order valence-electron chi connectivity index (χ1n) is 11.9. The van der Waals surface area contributed by atoms with Crippen LogP contribution in [0.5, 0.6) is 5.75 Å². The number of hydrogen-bond acceptors (Lipinski definition) is 3. The van der Waals surface area contributed by atoms with Crippen molar-refractivity contribution in [3.8, 4) is 5.75 Å². The van der Waals surface area contributed by atoms with Crippen molar-refractivity contribution in [3.05, 3.63) is 87.9 Å². The number of aryl methyl sites for hydroxylation is 2. The molecule has 0 aliphatic carbocycles. The summed E-state index contributed by atoms with van der Waals surface area (Å²) in [5.41, 5.74) is 4.09. The van der Waals surface area contributed by atoms with E-state index >= 15 is 0 Å². The second-order valence-corrected chi connectivity index (χ2v) is 10.6. The van der Waals surface area contributed by atoms with Crippen molar-refractivity contribution in [3.63, 3.8) is 0 Å². The van der Waals surface area contributed by atoms with Gasteiger partial charge < -0.3 is 9.84 Å². The molecule has 0 spiro atoms. The van der Waals surface area contributed by atoms with Gasteiger partial charge in [0.1, 0.15) is 11.4 Å². The Hall–Kier alpha value is -3.31. The van der Waals surface area contributed by atoms with Crippen LogP contribution in [-0.2, 0) is 27.8 Å². The van der Waals surface area contributed by atoms with Gasteiger partial charge in [0.05, 0.1) is 11.1 Å². The zero-order chi connectivity index (χ0) is 25.0. The number of carboxylic acids is 1. The normalized spacial score (nSPS) is 20.2. The lowest BCUT2D eigenvalue weighted by atomic mass is 9.76. The highest BCUT2D eigenvalue weighted by molar-refractivity contribution is 6.31. The third kappa shape index (κ3) is 4.08. The minimum Gasteiger partial charge on any atom is -0.488 e. The lowest BCUT2D eigenvalue weighted by molar-refractivity contribution is -0.137. The van der Waals surface area contributed by atoms with E-state index in [1.165, 1.54) is 0 Å². The maximum absolute atomic E-state index is 14.2. The number of carbonyl (C=O) groups is 2. The molecule has 3 aromatic carbocycles. The van der Waals surface area contributed by atoms with Gasteiger partial charge in [-0.05, 0) is 98.7 Å². The lowest BCUT2D eigenvalue weighted by Gasteiger charge is -2.34. The lowest BCUT2D eigenvalue weighted by Crippen LogP contribution is -2.37. The Morgan fingerprint density at radius 3 is 2.66 bits per heavy atom. The van der Waals surface area contributed by atoms with Crippen LogP contribution in [-0.4, -0.2) is 22.6 Å². The van der Waals surface area contributed by atoms with Crippen molar-refractivity contribution in [1.29, 1.82) is 0 Å². The van der Waals surface area contributed by atoms with E-state index in [9.17, 15) is 9.59 Å². The van der Waals surface area contributed by atoms with Gasteiger partial charge in [-0.2, -0.15) is 0 Å². The van der Waals surface area contributed by atoms with Gasteiger partial charge in [-0.3, -0.25) is 14.5 Å². The summed E-state index contributed by atoms with van der Waals surface area (Å²) in [7, 11) is 0. The van der Waals surface area contributed by atoms with Crippen LogP contribution in [0.15, 0.2) is 60.7 Å². The first-order chi connectivity index (χ1) is 16.6. The van der Waals surface area contributed by atoms with E-state index < -0.39 is 11.4 Å². The van der Waals surface area contributed by atoms with Crippen molar-refractivity contribution < 1.29 is 19.4 Å². The van der Waals surface area contributed by atoms with Gasteiger partial charge >= 0.3 is 5.97 Å². The van der Waals surface area contributed by atoms with Gasteiger partial charge in [-0.25, -0.2) is 0 Å². The molecule has 5 nitrogen and oxygen atoms in total. The van der Waals surface area contributed by atoms with Gasteiger partial charge in [-0.15, -0.1) is 0 Å². The van der Waals surface area contributed by atoms with Gasteiger partial charge in [-0.1, -0.05) is 35.9 Å². The van der Waals surface area contributed by atoms with Crippen molar-refractivity contribution in [2.24, 2.45) is 0 Å². The third-order valence-corrected chi connectivity index (χ3v) is 7.42. The molecule has 3 aromatic rings. The number of aliphatic carboxylic acids is 1. The summed E-state index contributed by atoms with van der Waals surface area (Å²) >= 11 is 6.42. The van der Waals surface area contributed by atoms with E-state index in [1.54, 1.807) is 11.0 Å². The Morgan fingerprint density at radius 1 is 1.09 bits per heavy atom. The molecule has 0 fully saturated rings. The van der Waals surface area contributed by atoms with Crippen LogP contribution >= 0.6 is 11.6 Å². The Bertz CT molecular complexity index is 1350. The molecule has 0 radical (unpaired) electrons. The monoisotopic (exact) mass is 489 g/mol. The predicted molar refractivity (Wildman–Crippen MR) is 137 cm³/mol. The summed E-state index contributed by atoms with van der Waals surface area (Å²) in [6, 6.07) is 19.1. The highest BCUT2D eigenvalue weighted by Gasteiger charge is 2.49. The molecular weight excluding hydrogens is 462 g/mol. The molecule has 0 aromatic heterocycles. The fraction of sp³-hybridized carbons (Fsp3) is 0.310. The first kappa shape index (κ1) is 23.4. The molecule has 1 amide bonds. The van der Waals surface area contributed by atoms with E-state index in [1.807, 2.05) is 55.5 Å². The van der Waals surface area contributed by atoms with E-state index in [-0.39, 0.29) is 17.9 Å². The second-order valence-electron chi connectivity index (χ2n) is 10.2. The van der Waals surface area contributed by atoms with Crippen LogP contribution in [0.2, 0.25) is 5.02 Å². The van der Waals surface area contributed by atoms with Gasteiger partial charge in [0, 0.05) is 17.1 Å². The first-order valence-corrected chi connectivity index (χ1v) is 12.2. The maximum atomic E-state index is 14.2. The smallest absolute Gasteiger partial charge is 0.303 e. The number of ether oxygens (including phenoxy) is 1. The van der Waals surface area contributed by atoms with Crippen LogP contribution in [0.1, 0.15) is 55.9 Å². The van der Waals surface area contributed by atoms with Gasteiger partial charge in [0.25, 0.3) is 0 Å². The fourth-order valence-corrected chi connectivity index (χ4v) is 5.33. The largest absolute Gasteiger partial charge is 0.488 e. The highest BCUT2D eigenvalue weighted by atomic mass is 35.5. The van der Waals surface area contributed by atoms with Crippen LogP contribution in [0.4, 0.5) is 11.4 Å². The van der Waals surface area contributed by atoms with Crippen molar-refractivity contribution in [2.75, 3.05) is 4.90 Å². The average molecular weight is 490 g/mol. The summed E-state index contributed by atoms with van der Waals surface area (Å²) in [5.74, 6) is -0.0458. The molecule has 1 atom stereocenters. The quantitative estimate of drug-likeness (QED) is 0.447. The van der Waals surface area contributed by atoms with Gasteiger partial charge in [0.15, 0.2) is 0 Å². The van der Waals surface area contributed by atoms with E-state index in [4.69, 9.17) is 21.4 Å². The van der Waals surface area contributed by atoms with Crippen molar-refractivity contribution >= 4 is 34.9 Å². The third-order valence-electron chi connectivity index (χ3n) is 7.19. The Kier molecular flexibility index (Phi) is 5.64. The molecule has 0 saturated carbocycles. The summed E-state index contributed by atoms with van der Waals surface area (Å²) in [4.78, 5) is 27.0. The predicted octanol–water partition coefficient (Wildman–Crippen LogP) is 6.45. The number of rotatable bonds is 5. The van der Waals surface area contributed by atoms with E-state index in [0.29, 0.717) is 17.1 Å². The van der Waals surface area contributed by atoms with Gasteiger partial charge in [0.2, 0.25) is 5.91 Å². The van der Waals surface area contributed by atoms with Crippen LogP contribution in [0.25, 0.3) is 0 Å². The molecule has 5 rings (SSSR count). The number of halogens is 1. The molecule has 0 saturated heterocycles. The molecule has 2 aliphatic heterocycles. The Labute approximate surface area is 210 Å². The Morgan fingerprint density at radius 2 is 1.89 bits per heavy atom. The number of hydrogen-bond donors (Lipinski definition) is 1. The van der Waals surface area contributed by atoms with E-state index in [2.05, 4.69) is 19.9 Å². The number of nitrogens with zero attached hydrogens (tertiary/aromatic N) is 1. The van der Waals surface area contributed by atoms with Crippen molar-refractivity contribution in [1.82, 2.24) is 0 Å². The fourth-order valence-electron chi connectivity index (χ4n) is 5.16.